The van der Waals surface area contributed by atoms with Crippen molar-refractivity contribution in [1.29, 1.82) is 0 Å². The van der Waals surface area contributed by atoms with Crippen molar-refractivity contribution < 1.29 is 13.9 Å². The number of rotatable bonds is 7. The Morgan fingerprint density at radius 2 is 1.87 bits per heavy atom. The Labute approximate surface area is 199 Å². The number of aliphatic imine (C=N–C) groups is 1. The van der Waals surface area contributed by atoms with Gasteiger partial charge in [-0.3, -0.25) is 9.79 Å². The summed E-state index contributed by atoms with van der Waals surface area (Å²) in [5.41, 5.74) is 2.88. The summed E-state index contributed by atoms with van der Waals surface area (Å²) in [5.74, 6) is 1.61. The maximum Gasteiger partial charge on any atom is 0.291 e. The lowest BCUT2D eigenvalue weighted by Gasteiger charge is -2.22. The van der Waals surface area contributed by atoms with Gasteiger partial charge >= 0.3 is 0 Å². The Bertz CT molecular complexity index is 988. The van der Waals surface area contributed by atoms with Crippen LogP contribution in [0.3, 0.4) is 0 Å². The predicted molar refractivity (Wildman–Crippen MR) is 133 cm³/mol. The summed E-state index contributed by atoms with van der Waals surface area (Å²) < 4.78 is 10.3. The van der Waals surface area contributed by atoms with Crippen LogP contribution in [0.1, 0.15) is 21.7 Å². The summed E-state index contributed by atoms with van der Waals surface area (Å²) in [6, 6.07) is 18.9. The van der Waals surface area contributed by atoms with Crippen LogP contribution in [0.2, 0.25) is 0 Å². The van der Waals surface area contributed by atoms with Gasteiger partial charge in [0.2, 0.25) is 0 Å². The lowest BCUT2D eigenvalue weighted by atomic mass is 10.2. The number of anilines is 1. The predicted octanol–water partition coefficient (Wildman–Crippen LogP) is 4.37. The normalized spacial score (nSPS) is 10.7. The Morgan fingerprint density at radius 3 is 2.52 bits per heavy atom. The fourth-order valence-corrected chi connectivity index (χ4v) is 3.01. The molecule has 3 rings (SSSR count). The van der Waals surface area contributed by atoms with E-state index < -0.39 is 0 Å². The van der Waals surface area contributed by atoms with Crippen LogP contribution in [0.5, 0.6) is 5.75 Å². The van der Waals surface area contributed by atoms with Crippen molar-refractivity contribution in [1.82, 2.24) is 10.2 Å². The van der Waals surface area contributed by atoms with E-state index in [2.05, 4.69) is 15.6 Å². The van der Waals surface area contributed by atoms with Gasteiger partial charge in [-0.15, -0.1) is 24.0 Å². The van der Waals surface area contributed by atoms with E-state index in [0.29, 0.717) is 18.8 Å². The molecule has 0 atom stereocenters. The molecular weight excluding hydrogens is 507 g/mol. The average molecular weight is 534 g/mol. The molecular formula is C23H27IN4O3. The number of benzene rings is 2. The topological polar surface area (TPSA) is 79.1 Å². The van der Waals surface area contributed by atoms with Gasteiger partial charge < -0.3 is 24.7 Å². The largest absolute Gasteiger partial charge is 0.497 e. The van der Waals surface area contributed by atoms with Crippen molar-refractivity contribution in [3.05, 3.63) is 83.8 Å². The standard InChI is InChI=1S/C23H26N4O3.HI/c1-24-23(27(2)16-17-9-11-20(29-3)12-10-17)25-15-18-6-4-7-19(14-18)26-22(28)21-8-5-13-30-21;/h4-14H,15-16H2,1-3H3,(H,24,25)(H,26,28);1H. The number of amides is 1. The molecule has 2 N–H and O–H groups in total. The lowest BCUT2D eigenvalue weighted by molar-refractivity contribution is 0.0996. The van der Waals surface area contributed by atoms with E-state index in [4.69, 9.17) is 9.15 Å². The molecule has 0 saturated heterocycles. The highest BCUT2D eigenvalue weighted by Crippen LogP contribution is 2.14. The molecule has 0 radical (unpaired) electrons. The molecule has 1 aromatic heterocycles. The fourth-order valence-electron chi connectivity index (χ4n) is 3.01. The zero-order chi connectivity index (χ0) is 21.3. The van der Waals surface area contributed by atoms with Gasteiger partial charge in [0, 0.05) is 32.9 Å². The van der Waals surface area contributed by atoms with Crippen molar-refractivity contribution >= 4 is 41.5 Å². The second kappa shape index (κ2) is 12.0. The molecule has 0 aliphatic carbocycles. The van der Waals surface area contributed by atoms with E-state index in [1.807, 2.05) is 60.5 Å². The summed E-state index contributed by atoms with van der Waals surface area (Å²) in [6.45, 7) is 1.28. The molecule has 8 heteroatoms. The molecule has 0 spiro atoms. The van der Waals surface area contributed by atoms with Gasteiger partial charge in [-0.25, -0.2) is 0 Å². The first-order valence-electron chi connectivity index (χ1n) is 9.57. The minimum atomic E-state index is -0.278. The summed E-state index contributed by atoms with van der Waals surface area (Å²) in [7, 11) is 5.40. The first-order valence-corrected chi connectivity index (χ1v) is 9.57. The van der Waals surface area contributed by atoms with Crippen molar-refractivity contribution in [2.24, 2.45) is 4.99 Å². The molecule has 2 aromatic carbocycles. The second-order valence-electron chi connectivity index (χ2n) is 6.74. The lowest BCUT2D eigenvalue weighted by Crippen LogP contribution is -2.38. The van der Waals surface area contributed by atoms with Gasteiger partial charge in [0.25, 0.3) is 5.91 Å². The number of furan rings is 1. The van der Waals surface area contributed by atoms with Crippen LogP contribution in [0.25, 0.3) is 0 Å². The minimum absolute atomic E-state index is 0. The fraction of sp³-hybridized carbons (Fsp3) is 0.217. The highest BCUT2D eigenvalue weighted by atomic mass is 127. The zero-order valence-electron chi connectivity index (χ0n) is 17.8. The number of halogens is 1. The number of hydrogen-bond acceptors (Lipinski definition) is 4. The van der Waals surface area contributed by atoms with Crippen molar-refractivity contribution in [3.63, 3.8) is 0 Å². The van der Waals surface area contributed by atoms with Crippen molar-refractivity contribution in [2.45, 2.75) is 13.1 Å². The monoisotopic (exact) mass is 534 g/mol. The molecule has 7 nitrogen and oxygen atoms in total. The third kappa shape index (κ3) is 7.02. The van der Waals surface area contributed by atoms with Crippen LogP contribution in [0.15, 0.2) is 76.3 Å². The van der Waals surface area contributed by atoms with E-state index in [-0.39, 0.29) is 35.6 Å². The van der Waals surface area contributed by atoms with E-state index in [0.717, 1.165) is 22.8 Å². The highest BCUT2D eigenvalue weighted by Gasteiger charge is 2.10. The molecule has 3 aromatic rings. The summed E-state index contributed by atoms with van der Waals surface area (Å²) in [4.78, 5) is 18.6. The van der Waals surface area contributed by atoms with Gasteiger partial charge in [0.05, 0.1) is 13.4 Å². The molecule has 164 valence electrons. The third-order valence-electron chi connectivity index (χ3n) is 4.53. The molecule has 0 saturated carbocycles. The van der Waals surface area contributed by atoms with Crippen LogP contribution in [0.4, 0.5) is 5.69 Å². The number of methoxy groups -OCH3 is 1. The van der Waals surface area contributed by atoms with Crippen LogP contribution < -0.4 is 15.4 Å². The molecule has 0 unspecified atom stereocenters. The molecule has 1 amide bonds. The number of ether oxygens (including phenoxy) is 1. The summed E-state index contributed by atoms with van der Waals surface area (Å²) >= 11 is 0. The Kier molecular flexibility index (Phi) is 9.39. The minimum Gasteiger partial charge on any atom is -0.497 e. The van der Waals surface area contributed by atoms with Gasteiger partial charge in [-0.2, -0.15) is 0 Å². The van der Waals surface area contributed by atoms with Gasteiger partial charge in [0.15, 0.2) is 11.7 Å². The van der Waals surface area contributed by atoms with Crippen LogP contribution in [-0.4, -0.2) is 38.0 Å². The maximum absolute atomic E-state index is 12.1. The molecule has 0 aliphatic rings. The van der Waals surface area contributed by atoms with Gasteiger partial charge in [0.1, 0.15) is 5.75 Å². The van der Waals surface area contributed by atoms with E-state index >= 15 is 0 Å². The van der Waals surface area contributed by atoms with Crippen LogP contribution in [0, 0.1) is 0 Å². The van der Waals surface area contributed by atoms with Crippen molar-refractivity contribution in [3.8, 4) is 5.75 Å². The van der Waals surface area contributed by atoms with Crippen molar-refractivity contribution in [2.75, 3.05) is 26.5 Å². The number of carbonyl (C=O) groups excluding carboxylic acids is 1. The first-order chi connectivity index (χ1) is 14.6. The van der Waals surface area contributed by atoms with E-state index in [9.17, 15) is 4.79 Å². The summed E-state index contributed by atoms with van der Waals surface area (Å²) in [6.07, 6.45) is 1.48. The van der Waals surface area contributed by atoms with Gasteiger partial charge in [-0.05, 0) is 47.5 Å². The number of guanidine groups is 1. The number of hydrogen-bond donors (Lipinski definition) is 2. The maximum atomic E-state index is 12.1. The first kappa shape index (κ1) is 24.3. The highest BCUT2D eigenvalue weighted by molar-refractivity contribution is 14.0. The third-order valence-corrected chi connectivity index (χ3v) is 4.53. The van der Waals surface area contributed by atoms with Crippen LogP contribution in [-0.2, 0) is 13.1 Å². The molecule has 0 bridgehead atoms. The molecule has 0 fully saturated rings. The molecule has 1 heterocycles. The molecule has 31 heavy (non-hydrogen) atoms. The molecule has 0 aliphatic heterocycles. The Morgan fingerprint density at radius 1 is 1.10 bits per heavy atom. The Balaban J connectivity index is 0.00000341. The van der Waals surface area contributed by atoms with E-state index in [1.54, 1.807) is 26.3 Å². The van der Waals surface area contributed by atoms with Crippen LogP contribution >= 0.6 is 24.0 Å². The SMILES string of the molecule is CN=C(NCc1cccc(NC(=O)c2ccco2)c1)N(C)Cc1ccc(OC)cc1.I. The van der Waals surface area contributed by atoms with Gasteiger partial charge in [-0.1, -0.05) is 24.3 Å². The summed E-state index contributed by atoms with van der Waals surface area (Å²) in [5, 5.41) is 6.20. The smallest absolute Gasteiger partial charge is 0.291 e. The average Bonchev–Trinajstić information content (AvgIpc) is 3.30. The number of nitrogens with one attached hydrogen (secondary N) is 2. The quantitative estimate of drug-likeness (QED) is 0.268. The Hall–Kier alpha value is -3.01. The number of carbonyl (C=O) groups is 1. The van der Waals surface area contributed by atoms with E-state index in [1.165, 1.54) is 6.26 Å². The second-order valence-corrected chi connectivity index (χ2v) is 6.74. The number of nitrogens with zero attached hydrogens (tertiary/aromatic N) is 2. The zero-order valence-corrected chi connectivity index (χ0v) is 20.1.